The van der Waals surface area contributed by atoms with Gasteiger partial charge in [0.25, 0.3) is 0 Å². The number of nitrogens with one attached hydrogen (secondary N) is 1. The Morgan fingerprint density at radius 1 is 0.317 bits per heavy atom. The van der Waals surface area contributed by atoms with Gasteiger partial charge in [0.05, 0.1) is 211 Å². The van der Waals surface area contributed by atoms with Gasteiger partial charge in [-0.25, -0.2) is 0 Å². The van der Waals surface area contributed by atoms with Crippen molar-refractivity contribution in [3.05, 3.63) is 0 Å². The van der Waals surface area contributed by atoms with Gasteiger partial charge in [-0.2, -0.15) is 0 Å². The second-order valence-corrected chi connectivity index (χ2v) is 13.1. The van der Waals surface area contributed by atoms with Crippen LogP contribution < -0.4 is 5.32 Å². The average Bonchev–Trinajstić information content (AvgIpc) is 3.25. The molecule has 0 aromatic heterocycles. The number of aliphatic carboxylic acids is 3. The fourth-order valence-corrected chi connectivity index (χ4v) is 4.60. The molecule has 0 saturated carbocycles. The highest BCUT2D eigenvalue weighted by atomic mass is 16.6. The molecule has 0 aliphatic carbocycles. The summed E-state index contributed by atoms with van der Waals surface area (Å²) in [4.78, 5) is 45.6. The van der Waals surface area contributed by atoms with E-state index >= 15 is 0 Å². The zero-order valence-corrected chi connectivity index (χ0v) is 37.1. The van der Waals surface area contributed by atoms with Crippen molar-refractivity contribution < 1.29 is 106 Å². The normalized spacial score (nSPS) is 11.6. The number of ether oxygens (including phenoxy) is 15. The molecule has 0 aromatic carbocycles. The first-order valence-electron chi connectivity index (χ1n) is 21.3. The maximum Gasteiger partial charge on any atom is 0.305 e. The Morgan fingerprint density at radius 2 is 0.524 bits per heavy atom. The quantitative estimate of drug-likeness (QED) is 0.0581. The summed E-state index contributed by atoms with van der Waals surface area (Å²) in [7, 11) is 0. The molecule has 0 saturated heterocycles. The molecule has 0 fully saturated rings. The van der Waals surface area contributed by atoms with Gasteiger partial charge in [0.2, 0.25) is 5.91 Å². The van der Waals surface area contributed by atoms with E-state index < -0.39 is 29.4 Å². The van der Waals surface area contributed by atoms with Gasteiger partial charge in [-0.15, -0.1) is 0 Å². The van der Waals surface area contributed by atoms with Crippen LogP contribution in [0.5, 0.6) is 0 Å². The van der Waals surface area contributed by atoms with E-state index in [1.807, 2.05) is 6.92 Å². The molecule has 0 rings (SSSR count). The molecular formula is C40H75NO22. The Bertz CT molecular complexity index is 1000. The molecule has 0 aliphatic rings. The lowest BCUT2D eigenvalue weighted by molar-refractivity contribution is -0.140. The molecule has 63 heavy (non-hydrogen) atoms. The Hall–Kier alpha value is -2.72. The van der Waals surface area contributed by atoms with Crippen LogP contribution in [0.1, 0.15) is 32.6 Å². The highest BCUT2D eigenvalue weighted by molar-refractivity contribution is 5.77. The smallest absolute Gasteiger partial charge is 0.305 e. The summed E-state index contributed by atoms with van der Waals surface area (Å²) in [6.45, 7) is 11.3. The lowest BCUT2D eigenvalue weighted by Crippen LogP contribution is -2.59. The largest absolute Gasteiger partial charge is 0.481 e. The summed E-state index contributed by atoms with van der Waals surface area (Å²) in [6.07, 6.45) is -0.955. The summed E-state index contributed by atoms with van der Waals surface area (Å²) in [5, 5.41) is 29.5. The van der Waals surface area contributed by atoms with Crippen LogP contribution in [-0.4, -0.2) is 243 Å². The highest BCUT2D eigenvalue weighted by Crippen LogP contribution is 2.11. The van der Waals surface area contributed by atoms with E-state index in [0.717, 1.165) is 0 Å². The van der Waals surface area contributed by atoms with Gasteiger partial charge in [-0.05, 0) is 6.92 Å². The summed E-state index contributed by atoms with van der Waals surface area (Å²) in [6, 6.07) is 0. The Kier molecular flexibility index (Phi) is 45.2. The van der Waals surface area contributed by atoms with Crippen LogP contribution in [0.2, 0.25) is 0 Å². The van der Waals surface area contributed by atoms with E-state index in [-0.39, 0.29) is 85.1 Å². The van der Waals surface area contributed by atoms with E-state index in [0.29, 0.717) is 139 Å². The zero-order valence-electron chi connectivity index (χ0n) is 37.1. The summed E-state index contributed by atoms with van der Waals surface area (Å²) in [5.74, 6) is -3.73. The predicted molar refractivity (Wildman–Crippen MR) is 220 cm³/mol. The third kappa shape index (κ3) is 47.1. The molecule has 23 nitrogen and oxygen atoms in total. The van der Waals surface area contributed by atoms with Crippen molar-refractivity contribution in [1.29, 1.82) is 0 Å². The van der Waals surface area contributed by atoms with E-state index in [1.54, 1.807) is 0 Å². The van der Waals surface area contributed by atoms with Crippen LogP contribution in [-0.2, 0) is 90.2 Å². The second-order valence-electron chi connectivity index (χ2n) is 13.1. The van der Waals surface area contributed by atoms with Crippen molar-refractivity contribution in [2.75, 3.05) is 198 Å². The molecule has 0 bridgehead atoms. The van der Waals surface area contributed by atoms with E-state index in [4.69, 9.17) is 86.4 Å². The lowest BCUT2D eigenvalue weighted by atomic mass is 10.0. The SMILES string of the molecule is CCOCCOCCOCCOCCOCCOCCOCCOCCOCCOCCOCCOCCC(=O)NC(COCCC(=O)O)(COCCC(=O)O)COCCC(=O)O. The van der Waals surface area contributed by atoms with Gasteiger partial charge in [-0.1, -0.05) is 0 Å². The Morgan fingerprint density at radius 3 is 0.746 bits per heavy atom. The van der Waals surface area contributed by atoms with Crippen LogP contribution in [0, 0.1) is 0 Å². The van der Waals surface area contributed by atoms with Crippen molar-refractivity contribution in [3.8, 4) is 0 Å². The molecule has 0 spiro atoms. The number of carbonyl (C=O) groups is 4. The molecule has 0 aromatic rings. The maximum absolute atomic E-state index is 12.8. The van der Waals surface area contributed by atoms with Gasteiger partial charge in [-0.3, -0.25) is 19.2 Å². The number of rotatable bonds is 53. The number of amides is 1. The van der Waals surface area contributed by atoms with E-state index in [9.17, 15) is 19.2 Å². The van der Waals surface area contributed by atoms with E-state index in [1.165, 1.54) is 0 Å². The lowest BCUT2D eigenvalue weighted by Gasteiger charge is -2.34. The van der Waals surface area contributed by atoms with Crippen LogP contribution in [0.25, 0.3) is 0 Å². The predicted octanol–water partition coefficient (Wildman–Crippen LogP) is -0.0755. The highest BCUT2D eigenvalue weighted by Gasteiger charge is 2.34. The molecule has 0 aliphatic heterocycles. The molecule has 0 atom stereocenters. The second kappa shape index (κ2) is 47.2. The minimum atomic E-state index is -1.35. The Balaban J connectivity index is 3.74. The summed E-state index contributed by atoms with van der Waals surface area (Å²) < 4.78 is 81.6. The average molecular weight is 922 g/mol. The topological polar surface area (TPSA) is 279 Å². The summed E-state index contributed by atoms with van der Waals surface area (Å²) >= 11 is 0. The molecule has 0 radical (unpaired) electrons. The third-order valence-corrected chi connectivity index (χ3v) is 7.69. The fraction of sp³-hybridized carbons (Fsp3) is 0.900. The van der Waals surface area contributed by atoms with Crippen molar-refractivity contribution in [2.24, 2.45) is 0 Å². The number of carboxylic acids is 3. The van der Waals surface area contributed by atoms with Crippen LogP contribution >= 0.6 is 0 Å². The Labute approximate surface area is 370 Å². The van der Waals surface area contributed by atoms with Crippen molar-refractivity contribution >= 4 is 23.8 Å². The maximum atomic E-state index is 12.8. The van der Waals surface area contributed by atoms with Crippen molar-refractivity contribution in [2.45, 2.75) is 38.1 Å². The molecule has 372 valence electrons. The fourth-order valence-electron chi connectivity index (χ4n) is 4.60. The molecule has 23 heteroatoms. The first kappa shape index (κ1) is 60.3. The van der Waals surface area contributed by atoms with Gasteiger partial charge < -0.3 is 91.7 Å². The van der Waals surface area contributed by atoms with Crippen molar-refractivity contribution in [3.63, 3.8) is 0 Å². The number of carbonyl (C=O) groups excluding carboxylic acids is 1. The van der Waals surface area contributed by atoms with Gasteiger partial charge in [0.1, 0.15) is 5.54 Å². The number of hydrogen-bond acceptors (Lipinski definition) is 19. The standard InChI is InChI=1S/C40H75NO22/c1-2-49-11-12-51-15-16-53-19-20-55-23-24-57-27-28-59-31-32-60-30-29-58-26-25-56-22-21-54-18-17-52-14-13-50-7-3-36(42)41-40(33-61-8-4-37(43)44,34-62-9-5-38(45)46)35-63-10-6-39(47)48/h2-35H2,1H3,(H,41,42)(H,43,44)(H,45,46)(H,47,48). The zero-order chi connectivity index (χ0) is 46.2. The minimum Gasteiger partial charge on any atom is -0.481 e. The van der Waals surface area contributed by atoms with E-state index in [2.05, 4.69) is 5.32 Å². The number of hydrogen-bond donors (Lipinski definition) is 4. The number of carboxylic acid groups (broad SMARTS) is 3. The van der Waals surface area contributed by atoms with Crippen LogP contribution in [0.4, 0.5) is 0 Å². The third-order valence-electron chi connectivity index (χ3n) is 7.69. The molecule has 0 heterocycles. The molecule has 0 unspecified atom stereocenters. The van der Waals surface area contributed by atoms with Gasteiger partial charge in [0.15, 0.2) is 0 Å². The van der Waals surface area contributed by atoms with Crippen LogP contribution in [0.3, 0.4) is 0 Å². The van der Waals surface area contributed by atoms with Crippen molar-refractivity contribution in [1.82, 2.24) is 5.32 Å². The first-order chi connectivity index (χ1) is 30.7. The monoisotopic (exact) mass is 921 g/mol. The molecule has 4 N–H and O–H groups in total. The van der Waals surface area contributed by atoms with Gasteiger partial charge >= 0.3 is 17.9 Å². The summed E-state index contributed by atoms with van der Waals surface area (Å²) in [5.41, 5.74) is -1.35. The van der Waals surface area contributed by atoms with Gasteiger partial charge in [0, 0.05) is 13.0 Å². The minimum absolute atomic E-state index is 0.0469. The molecule has 1 amide bonds. The van der Waals surface area contributed by atoms with Crippen LogP contribution in [0.15, 0.2) is 0 Å². The first-order valence-corrected chi connectivity index (χ1v) is 21.3. The molecular weight excluding hydrogens is 846 g/mol.